The van der Waals surface area contributed by atoms with E-state index in [1.807, 2.05) is 6.92 Å². The van der Waals surface area contributed by atoms with Crippen LogP contribution in [0.5, 0.6) is 0 Å². The minimum atomic E-state index is -4.98. The lowest BCUT2D eigenvalue weighted by molar-refractivity contribution is -0.144. The Balaban J connectivity index is 1.68. The van der Waals surface area contributed by atoms with E-state index >= 15 is 0 Å². The van der Waals surface area contributed by atoms with Crippen molar-refractivity contribution in [1.82, 2.24) is 24.2 Å². The number of aromatic nitrogens is 4. The molecule has 30 heavy (non-hydrogen) atoms. The molecule has 1 saturated heterocycles. The summed E-state index contributed by atoms with van der Waals surface area (Å²) < 4.78 is 68.2. The molecule has 1 amide bonds. The Morgan fingerprint density at radius 1 is 1.30 bits per heavy atom. The summed E-state index contributed by atoms with van der Waals surface area (Å²) in [5, 5.41) is 4.13. The highest BCUT2D eigenvalue weighted by atomic mass is 19.4. The number of carbonyl (C=O) groups is 1. The number of rotatable bonds is 3. The van der Waals surface area contributed by atoms with Crippen molar-refractivity contribution in [2.24, 2.45) is 5.92 Å². The molecule has 162 valence electrons. The first-order chi connectivity index (χ1) is 14.1. The topological polar surface area (TPSA) is 73.0 Å². The molecule has 0 spiro atoms. The van der Waals surface area contributed by atoms with Crippen LogP contribution in [0.25, 0.3) is 0 Å². The smallest absolute Gasteiger partial charge is 0.335 e. The van der Waals surface area contributed by atoms with Gasteiger partial charge in [-0.1, -0.05) is 6.92 Å². The summed E-state index contributed by atoms with van der Waals surface area (Å²) in [6.07, 6.45) is -4.52. The maximum absolute atomic E-state index is 14.3. The Hall–Kier alpha value is -2.79. The Morgan fingerprint density at radius 2 is 2.00 bits per heavy atom. The molecule has 1 fully saturated rings. The molecule has 7 nitrogen and oxygen atoms in total. The van der Waals surface area contributed by atoms with Crippen molar-refractivity contribution in [3.05, 3.63) is 45.6 Å². The van der Waals surface area contributed by atoms with Crippen LogP contribution in [0.1, 0.15) is 36.5 Å². The SMILES string of the molecule is CC1Cc2nn(Cc3ccnc(C(F)(F)F)c3F)c(=O)n2C(C(=O)N2CC(F)C2)C1. The van der Waals surface area contributed by atoms with Crippen LogP contribution >= 0.6 is 0 Å². The van der Waals surface area contributed by atoms with Gasteiger partial charge in [0.05, 0.1) is 19.6 Å². The molecule has 0 saturated carbocycles. The second-order valence-corrected chi connectivity index (χ2v) is 7.76. The number of pyridine rings is 1. The number of alkyl halides is 4. The van der Waals surface area contributed by atoms with E-state index in [2.05, 4.69) is 10.1 Å². The van der Waals surface area contributed by atoms with Gasteiger partial charge in [-0.05, 0) is 18.4 Å². The first-order valence-corrected chi connectivity index (χ1v) is 9.38. The van der Waals surface area contributed by atoms with E-state index in [-0.39, 0.29) is 19.0 Å². The van der Waals surface area contributed by atoms with Gasteiger partial charge in [-0.2, -0.15) is 18.3 Å². The molecule has 2 aliphatic rings. The lowest BCUT2D eigenvalue weighted by Gasteiger charge is -2.38. The van der Waals surface area contributed by atoms with Gasteiger partial charge in [0.25, 0.3) is 0 Å². The van der Waals surface area contributed by atoms with Gasteiger partial charge >= 0.3 is 11.9 Å². The average Bonchev–Trinajstić information content (AvgIpc) is 2.94. The van der Waals surface area contributed by atoms with E-state index in [0.29, 0.717) is 18.7 Å². The zero-order valence-electron chi connectivity index (χ0n) is 15.9. The van der Waals surface area contributed by atoms with E-state index in [4.69, 9.17) is 0 Å². The lowest BCUT2D eigenvalue weighted by atomic mass is 9.92. The lowest BCUT2D eigenvalue weighted by Crippen LogP contribution is -2.55. The maximum atomic E-state index is 14.3. The number of hydrogen-bond donors (Lipinski definition) is 0. The summed E-state index contributed by atoms with van der Waals surface area (Å²) in [6, 6.07) is 0.174. The highest BCUT2D eigenvalue weighted by Gasteiger charge is 2.40. The van der Waals surface area contributed by atoms with Crippen molar-refractivity contribution in [2.45, 2.75) is 44.7 Å². The van der Waals surface area contributed by atoms with Gasteiger partial charge in [0, 0.05) is 18.2 Å². The van der Waals surface area contributed by atoms with Crippen molar-refractivity contribution in [3.63, 3.8) is 0 Å². The Morgan fingerprint density at radius 3 is 2.63 bits per heavy atom. The Labute approximate surface area is 167 Å². The highest BCUT2D eigenvalue weighted by Crippen LogP contribution is 2.32. The molecule has 4 rings (SSSR count). The predicted molar refractivity (Wildman–Crippen MR) is 92.8 cm³/mol. The molecule has 2 aromatic rings. The predicted octanol–water partition coefficient (Wildman–Crippen LogP) is 1.95. The second kappa shape index (κ2) is 7.17. The van der Waals surface area contributed by atoms with Gasteiger partial charge in [0.2, 0.25) is 5.91 Å². The number of fused-ring (bicyclic) bond motifs is 1. The van der Waals surface area contributed by atoms with Crippen LogP contribution in [0.4, 0.5) is 22.0 Å². The van der Waals surface area contributed by atoms with Gasteiger partial charge in [-0.3, -0.25) is 9.36 Å². The molecular weight excluding hydrogens is 413 g/mol. The molecule has 2 atom stereocenters. The number of amides is 1. The van der Waals surface area contributed by atoms with Gasteiger partial charge in [-0.15, -0.1) is 0 Å². The van der Waals surface area contributed by atoms with E-state index in [0.717, 1.165) is 16.9 Å². The zero-order valence-corrected chi connectivity index (χ0v) is 15.9. The van der Waals surface area contributed by atoms with Crippen LogP contribution in [0.3, 0.4) is 0 Å². The molecule has 2 aliphatic heterocycles. The number of halogens is 5. The fraction of sp³-hybridized carbons (Fsp3) is 0.556. The van der Waals surface area contributed by atoms with Crippen LogP contribution in [-0.2, 0) is 23.9 Å². The largest absolute Gasteiger partial charge is 0.436 e. The van der Waals surface area contributed by atoms with Crippen molar-refractivity contribution in [2.75, 3.05) is 13.1 Å². The average molecular weight is 431 g/mol. The van der Waals surface area contributed by atoms with E-state index in [1.54, 1.807) is 0 Å². The van der Waals surface area contributed by atoms with Crippen LogP contribution in [0.15, 0.2) is 17.1 Å². The fourth-order valence-corrected chi connectivity index (χ4v) is 3.89. The molecule has 0 bridgehead atoms. The molecule has 0 radical (unpaired) electrons. The summed E-state index contributed by atoms with van der Waals surface area (Å²) in [5.41, 5.74) is -2.79. The molecule has 2 aromatic heterocycles. The van der Waals surface area contributed by atoms with Gasteiger partial charge in [0.1, 0.15) is 18.0 Å². The summed E-state index contributed by atoms with van der Waals surface area (Å²) in [6.45, 7) is 1.26. The molecule has 0 N–H and O–H groups in total. The van der Waals surface area contributed by atoms with E-state index < -0.39 is 53.6 Å². The van der Waals surface area contributed by atoms with Crippen LogP contribution < -0.4 is 5.69 Å². The number of likely N-dealkylation sites (tertiary alicyclic amines) is 1. The van der Waals surface area contributed by atoms with Crippen molar-refractivity contribution < 1.29 is 26.7 Å². The first kappa shape index (κ1) is 20.5. The number of hydrogen-bond acceptors (Lipinski definition) is 4. The first-order valence-electron chi connectivity index (χ1n) is 9.38. The molecule has 0 aromatic carbocycles. The fourth-order valence-electron chi connectivity index (χ4n) is 3.89. The summed E-state index contributed by atoms with van der Waals surface area (Å²) in [4.78, 5) is 30.0. The van der Waals surface area contributed by atoms with Crippen LogP contribution in [0.2, 0.25) is 0 Å². The molecular formula is C18H18F5N5O2. The Kier molecular flexibility index (Phi) is 4.89. The normalized spacial score (nSPS) is 22.0. The van der Waals surface area contributed by atoms with Crippen LogP contribution in [-0.4, -0.2) is 49.4 Å². The summed E-state index contributed by atoms with van der Waals surface area (Å²) in [5.74, 6) is -1.66. The maximum Gasteiger partial charge on any atom is 0.436 e. The van der Waals surface area contributed by atoms with Gasteiger partial charge < -0.3 is 4.90 Å². The van der Waals surface area contributed by atoms with Crippen molar-refractivity contribution >= 4 is 5.91 Å². The zero-order chi connectivity index (χ0) is 21.8. The monoisotopic (exact) mass is 431 g/mol. The van der Waals surface area contributed by atoms with Crippen molar-refractivity contribution in [3.8, 4) is 0 Å². The van der Waals surface area contributed by atoms with E-state index in [9.17, 15) is 31.5 Å². The van der Waals surface area contributed by atoms with Gasteiger partial charge in [-0.25, -0.2) is 23.2 Å². The molecule has 2 unspecified atom stereocenters. The van der Waals surface area contributed by atoms with Crippen molar-refractivity contribution in [1.29, 1.82) is 0 Å². The second-order valence-electron chi connectivity index (χ2n) is 7.76. The molecule has 0 aliphatic carbocycles. The molecule has 4 heterocycles. The minimum absolute atomic E-state index is 0.0126. The molecule has 12 heteroatoms. The van der Waals surface area contributed by atoms with Crippen LogP contribution in [0, 0.1) is 11.7 Å². The van der Waals surface area contributed by atoms with E-state index in [1.165, 1.54) is 9.47 Å². The highest BCUT2D eigenvalue weighted by molar-refractivity contribution is 5.81. The number of nitrogens with zero attached hydrogens (tertiary/aromatic N) is 5. The van der Waals surface area contributed by atoms with Gasteiger partial charge in [0.15, 0.2) is 11.5 Å². The number of carbonyl (C=O) groups excluding carboxylic acids is 1. The summed E-state index contributed by atoms with van der Waals surface area (Å²) >= 11 is 0. The quantitative estimate of drug-likeness (QED) is 0.697. The summed E-state index contributed by atoms with van der Waals surface area (Å²) in [7, 11) is 0. The minimum Gasteiger partial charge on any atom is -0.335 e. The third-order valence-corrected chi connectivity index (χ3v) is 5.40. The Bertz CT molecular complexity index is 1040. The third kappa shape index (κ3) is 3.47. The standard InChI is InChI=1S/C18H18F5N5O2/c1-9-4-12(16(29)26-7-11(19)8-26)28-13(5-9)25-27(17(28)30)6-10-2-3-24-15(14(10)20)18(21,22)23/h2-3,9,11-12H,4-8H2,1H3. The third-order valence-electron chi connectivity index (χ3n) is 5.40.